The van der Waals surface area contributed by atoms with Crippen LogP contribution in [-0.4, -0.2) is 36.0 Å². The molecule has 6 heteroatoms. The van der Waals surface area contributed by atoms with Gasteiger partial charge in [-0.05, 0) is 43.4 Å². The lowest BCUT2D eigenvalue weighted by Crippen LogP contribution is -2.51. The second-order valence-corrected chi connectivity index (χ2v) is 7.76. The van der Waals surface area contributed by atoms with Gasteiger partial charge in [-0.2, -0.15) is 5.26 Å². The zero-order valence-corrected chi connectivity index (χ0v) is 15.7. The third kappa shape index (κ3) is 3.43. The minimum absolute atomic E-state index is 0.325. The smallest absolute Gasteiger partial charge is 0.317 e. The number of carbonyl (C=O) groups excluding carboxylic acids is 2. The Morgan fingerprint density at radius 3 is 2.31 bits per heavy atom. The molecule has 1 amide bonds. The predicted molar refractivity (Wildman–Crippen MR) is 97.5 cm³/mol. The molecule has 0 saturated heterocycles. The third-order valence-corrected chi connectivity index (χ3v) is 6.02. The van der Waals surface area contributed by atoms with Crippen molar-refractivity contribution >= 4 is 23.5 Å². The van der Waals surface area contributed by atoms with Gasteiger partial charge >= 0.3 is 5.97 Å². The summed E-state index contributed by atoms with van der Waals surface area (Å²) in [5, 5.41) is 10.2. The van der Waals surface area contributed by atoms with Gasteiger partial charge in [0, 0.05) is 12.1 Å². The van der Waals surface area contributed by atoms with Gasteiger partial charge in [-0.1, -0.05) is 43.0 Å². The molecule has 0 aromatic heterocycles. The molecular formula is C20H23ClN2O3. The van der Waals surface area contributed by atoms with E-state index in [-0.39, 0.29) is 18.5 Å². The normalized spacial score (nSPS) is 19.9. The largest absolute Gasteiger partial charge is 0.455 e. The Morgan fingerprint density at radius 1 is 1.15 bits per heavy atom. The lowest BCUT2D eigenvalue weighted by Gasteiger charge is -2.38. The molecule has 2 aliphatic carbocycles. The number of nitrogens with zero attached hydrogens (tertiary/aromatic N) is 2. The van der Waals surface area contributed by atoms with E-state index in [1.807, 2.05) is 12.1 Å². The van der Waals surface area contributed by atoms with Crippen LogP contribution in [0.5, 0.6) is 0 Å². The van der Waals surface area contributed by atoms with Gasteiger partial charge in [-0.25, -0.2) is 0 Å². The molecule has 2 fully saturated rings. The molecule has 2 saturated carbocycles. The van der Waals surface area contributed by atoms with E-state index >= 15 is 0 Å². The summed E-state index contributed by atoms with van der Waals surface area (Å²) in [4.78, 5) is 26.6. The Hall–Kier alpha value is -2.06. The monoisotopic (exact) mass is 374 g/mol. The fourth-order valence-electron chi connectivity index (χ4n) is 3.76. The van der Waals surface area contributed by atoms with E-state index in [0.717, 1.165) is 24.8 Å². The molecular weight excluding hydrogens is 352 g/mol. The second-order valence-electron chi connectivity index (χ2n) is 7.32. The first kappa shape index (κ1) is 18.7. The van der Waals surface area contributed by atoms with Crippen LogP contribution in [0, 0.1) is 11.3 Å². The van der Waals surface area contributed by atoms with Crippen molar-refractivity contribution < 1.29 is 14.3 Å². The van der Waals surface area contributed by atoms with Crippen molar-refractivity contribution in [2.45, 2.75) is 55.9 Å². The van der Waals surface area contributed by atoms with E-state index in [0.29, 0.717) is 30.7 Å². The Kier molecular flexibility index (Phi) is 5.24. The first-order chi connectivity index (χ1) is 12.4. The van der Waals surface area contributed by atoms with Crippen LogP contribution >= 0.6 is 11.6 Å². The topological polar surface area (TPSA) is 70.4 Å². The van der Waals surface area contributed by atoms with E-state index in [1.54, 1.807) is 19.2 Å². The first-order valence-electron chi connectivity index (χ1n) is 9.05. The van der Waals surface area contributed by atoms with Gasteiger partial charge in [0.15, 0.2) is 6.61 Å². The van der Waals surface area contributed by atoms with Gasteiger partial charge in [-0.15, -0.1) is 0 Å². The Balaban J connectivity index is 1.61. The van der Waals surface area contributed by atoms with Crippen LogP contribution in [0.15, 0.2) is 24.3 Å². The summed E-state index contributed by atoms with van der Waals surface area (Å²) >= 11 is 5.91. The molecule has 0 atom stereocenters. The minimum Gasteiger partial charge on any atom is -0.455 e. The summed E-state index contributed by atoms with van der Waals surface area (Å²) in [7, 11) is 1.64. The number of halogens is 1. The van der Waals surface area contributed by atoms with Crippen LogP contribution in [0.1, 0.15) is 50.5 Å². The van der Waals surface area contributed by atoms with E-state index < -0.39 is 11.0 Å². The number of nitriles is 1. The highest BCUT2D eigenvalue weighted by atomic mass is 35.5. The quantitative estimate of drug-likeness (QED) is 0.738. The molecule has 0 radical (unpaired) electrons. The molecule has 2 aliphatic rings. The van der Waals surface area contributed by atoms with Gasteiger partial charge in [0.1, 0.15) is 5.54 Å². The summed E-state index contributed by atoms with van der Waals surface area (Å²) in [5.41, 5.74) is -0.551. The molecule has 0 N–H and O–H groups in total. The second kappa shape index (κ2) is 7.28. The number of hydrogen-bond donors (Lipinski definition) is 0. The van der Waals surface area contributed by atoms with Crippen molar-refractivity contribution in [1.29, 1.82) is 5.26 Å². The number of amides is 1. The first-order valence-corrected chi connectivity index (χ1v) is 9.43. The van der Waals surface area contributed by atoms with Crippen LogP contribution in [0.4, 0.5) is 0 Å². The average Bonchev–Trinajstić information content (AvgIpc) is 3.48. The number of ether oxygens (including phenoxy) is 1. The Labute approximate surface area is 158 Å². The van der Waals surface area contributed by atoms with Crippen LogP contribution in [-0.2, 0) is 19.7 Å². The minimum atomic E-state index is -0.769. The summed E-state index contributed by atoms with van der Waals surface area (Å²) in [5.74, 6) is -0.704. The number of carbonyl (C=O) groups is 2. The lowest BCUT2D eigenvalue weighted by molar-refractivity contribution is -0.155. The van der Waals surface area contributed by atoms with Crippen molar-refractivity contribution in [1.82, 2.24) is 4.90 Å². The van der Waals surface area contributed by atoms with E-state index in [9.17, 15) is 14.9 Å². The highest BCUT2D eigenvalue weighted by molar-refractivity contribution is 6.30. The van der Waals surface area contributed by atoms with Crippen molar-refractivity contribution in [3.05, 3.63) is 34.9 Å². The SMILES string of the molecule is CN(C(=O)COC(=O)C1(c2ccc(Cl)cc2)CC1)C1(C#N)CCCCC1. The molecule has 5 nitrogen and oxygen atoms in total. The van der Waals surface area contributed by atoms with Gasteiger partial charge in [-0.3, -0.25) is 9.59 Å². The fourth-order valence-corrected chi connectivity index (χ4v) is 3.89. The molecule has 0 aliphatic heterocycles. The maximum atomic E-state index is 12.6. The Morgan fingerprint density at radius 2 is 1.77 bits per heavy atom. The fraction of sp³-hybridized carbons (Fsp3) is 0.550. The molecule has 1 aromatic rings. The van der Waals surface area contributed by atoms with Crippen molar-refractivity contribution in [3.63, 3.8) is 0 Å². The summed E-state index contributed by atoms with van der Waals surface area (Å²) in [6.45, 7) is -0.325. The van der Waals surface area contributed by atoms with E-state index in [4.69, 9.17) is 16.3 Å². The zero-order chi connectivity index (χ0) is 18.8. The van der Waals surface area contributed by atoms with Crippen molar-refractivity contribution in [2.24, 2.45) is 0 Å². The summed E-state index contributed by atoms with van der Waals surface area (Å²) in [6.07, 6.45) is 5.72. The summed E-state index contributed by atoms with van der Waals surface area (Å²) in [6, 6.07) is 9.48. The van der Waals surface area contributed by atoms with E-state index in [1.165, 1.54) is 4.90 Å². The zero-order valence-electron chi connectivity index (χ0n) is 15.0. The number of likely N-dealkylation sites (N-methyl/N-ethyl adjacent to an activating group) is 1. The molecule has 0 unspecified atom stereocenters. The van der Waals surface area contributed by atoms with Gasteiger partial charge < -0.3 is 9.64 Å². The van der Waals surface area contributed by atoms with Gasteiger partial charge in [0.05, 0.1) is 11.5 Å². The number of hydrogen-bond acceptors (Lipinski definition) is 4. The van der Waals surface area contributed by atoms with E-state index in [2.05, 4.69) is 6.07 Å². The lowest BCUT2D eigenvalue weighted by atomic mass is 9.81. The molecule has 138 valence electrons. The molecule has 26 heavy (non-hydrogen) atoms. The number of esters is 1. The average molecular weight is 375 g/mol. The molecule has 0 bridgehead atoms. The highest BCUT2D eigenvalue weighted by Gasteiger charge is 2.53. The molecule has 1 aromatic carbocycles. The molecule has 0 spiro atoms. The summed E-state index contributed by atoms with van der Waals surface area (Å²) < 4.78 is 5.34. The Bertz CT molecular complexity index is 728. The molecule has 3 rings (SSSR count). The van der Waals surface area contributed by atoms with Crippen molar-refractivity contribution in [3.8, 4) is 6.07 Å². The third-order valence-electron chi connectivity index (χ3n) is 5.77. The van der Waals surface area contributed by atoms with Gasteiger partial charge in [0.25, 0.3) is 5.91 Å². The molecule has 0 heterocycles. The van der Waals surface area contributed by atoms with Crippen LogP contribution in [0.2, 0.25) is 5.02 Å². The maximum Gasteiger partial charge on any atom is 0.317 e. The predicted octanol–water partition coefficient (Wildman–Crippen LogP) is 3.60. The van der Waals surface area contributed by atoms with Gasteiger partial charge in [0.2, 0.25) is 0 Å². The van der Waals surface area contributed by atoms with Crippen LogP contribution in [0.25, 0.3) is 0 Å². The van der Waals surface area contributed by atoms with Crippen molar-refractivity contribution in [2.75, 3.05) is 13.7 Å². The maximum absolute atomic E-state index is 12.6. The highest BCUT2D eigenvalue weighted by Crippen LogP contribution is 2.49. The number of benzene rings is 1. The number of rotatable bonds is 5. The standard InChI is InChI=1S/C20H23ClN2O3/c1-23(19(14-22)9-3-2-4-10-19)17(24)13-26-18(25)20(11-12-20)15-5-7-16(21)8-6-15/h5-8H,2-4,9-13H2,1H3. The van der Waals surface area contributed by atoms with Crippen LogP contribution < -0.4 is 0 Å². The van der Waals surface area contributed by atoms with Crippen LogP contribution in [0.3, 0.4) is 0 Å².